The molecule has 4 N–H and O–H groups in total. The quantitative estimate of drug-likeness (QED) is 0.190. The first-order valence-electron chi connectivity index (χ1n) is 12.2. The number of rotatable bonds is 5. The molecule has 11 heteroatoms. The summed E-state index contributed by atoms with van der Waals surface area (Å²) in [6, 6.07) is 12.5. The first-order chi connectivity index (χ1) is 18.7. The molecule has 7 nitrogen and oxygen atoms in total. The molecule has 40 heavy (non-hydrogen) atoms. The van der Waals surface area contributed by atoms with Crippen LogP contribution in [0.25, 0.3) is 10.8 Å². The van der Waals surface area contributed by atoms with Crippen LogP contribution >= 0.6 is 0 Å². The molecule has 208 valence electrons. The van der Waals surface area contributed by atoms with Gasteiger partial charge in [-0.05, 0) is 81.1 Å². The third-order valence-corrected chi connectivity index (χ3v) is 5.83. The van der Waals surface area contributed by atoms with Gasteiger partial charge in [-0.15, -0.1) is 0 Å². The smallest absolute Gasteiger partial charge is 0.365 e. The molecule has 0 atom stereocenters. The highest BCUT2D eigenvalue weighted by molar-refractivity contribution is 6.14. The molecule has 0 bridgehead atoms. The molecule has 1 heterocycles. The molecule has 3 aromatic carbocycles. The number of amides is 3. The number of aromatic nitrogens is 1. The molecule has 0 radical (unpaired) electrons. The van der Waals surface area contributed by atoms with Gasteiger partial charge in [0.1, 0.15) is 11.6 Å². The maximum atomic E-state index is 14.0. The number of urea groups is 1. The van der Waals surface area contributed by atoms with Crippen LogP contribution in [0.1, 0.15) is 42.3 Å². The second-order valence-corrected chi connectivity index (χ2v) is 10.2. The Morgan fingerprint density at radius 2 is 1.57 bits per heavy atom. The number of carbonyl (C=O) groups is 2. The zero-order chi connectivity index (χ0) is 29.2. The topological polar surface area (TPSA) is 95.2 Å². The molecule has 0 aliphatic heterocycles. The SMILES string of the molecule is Cc1ccc(NC(=O)Nc2cc(C(F)(F)F)ccc2F)cc1NC(=O)c1cccc2c(NC(C)(C)C)nccc12. The number of pyridine rings is 1. The zero-order valence-electron chi connectivity index (χ0n) is 22.1. The summed E-state index contributed by atoms with van der Waals surface area (Å²) in [7, 11) is 0. The van der Waals surface area contributed by atoms with E-state index in [9.17, 15) is 27.2 Å². The fraction of sp³-hybridized carbons (Fsp3) is 0.207. The molecule has 1 aromatic heterocycles. The van der Waals surface area contributed by atoms with E-state index in [4.69, 9.17) is 0 Å². The van der Waals surface area contributed by atoms with E-state index in [0.29, 0.717) is 46.2 Å². The molecular formula is C29H27F4N5O2. The molecule has 3 amide bonds. The Balaban J connectivity index is 1.53. The Morgan fingerprint density at radius 3 is 2.27 bits per heavy atom. The molecule has 0 aliphatic rings. The van der Waals surface area contributed by atoms with Crippen molar-refractivity contribution in [1.29, 1.82) is 0 Å². The van der Waals surface area contributed by atoms with Crippen LogP contribution in [0.2, 0.25) is 0 Å². The van der Waals surface area contributed by atoms with Crippen LogP contribution in [-0.4, -0.2) is 22.5 Å². The van der Waals surface area contributed by atoms with Crippen LogP contribution in [0.3, 0.4) is 0 Å². The summed E-state index contributed by atoms with van der Waals surface area (Å²) in [6.45, 7) is 7.77. The average Bonchev–Trinajstić information content (AvgIpc) is 2.85. The van der Waals surface area contributed by atoms with Crippen molar-refractivity contribution in [2.24, 2.45) is 0 Å². The summed E-state index contributed by atoms with van der Waals surface area (Å²) >= 11 is 0. The van der Waals surface area contributed by atoms with E-state index in [0.717, 1.165) is 5.39 Å². The van der Waals surface area contributed by atoms with E-state index >= 15 is 0 Å². The van der Waals surface area contributed by atoms with Gasteiger partial charge in [-0.25, -0.2) is 14.2 Å². The number of anilines is 4. The number of hydrogen-bond donors (Lipinski definition) is 4. The third-order valence-electron chi connectivity index (χ3n) is 5.83. The number of nitrogens with zero attached hydrogens (tertiary/aromatic N) is 1. The summed E-state index contributed by atoms with van der Waals surface area (Å²) in [5.74, 6) is -0.773. The lowest BCUT2D eigenvalue weighted by atomic mass is 10.0. The summed E-state index contributed by atoms with van der Waals surface area (Å²) in [5, 5.41) is 12.2. The highest BCUT2D eigenvalue weighted by Crippen LogP contribution is 2.32. The Morgan fingerprint density at radius 1 is 0.825 bits per heavy atom. The summed E-state index contributed by atoms with van der Waals surface area (Å²) in [4.78, 5) is 30.2. The molecule has 0 spiro atoms. The number of carbonyl (C=O) groups excluding carboxylic acids is 2. The Hall–Kier alpha value is -4.67. The molecule has 0 fully saturated rings. The highest BCUT2D eigenvalue weighted by atomic mass is 19.4. The number of fused-ring (bicyclic) bond motifs is 1. The average molecular weight is 554 g/mol. The number of alkyl halides is 3. The van der Waals surface area contributed by atoms with Gasteiger partial charge < -0.3 is 21.3 Å². The summed E-state index contributed by atoms with van der Waals surface area (Å²) < 4.78 is 52.9. The van der Waals surface area contributed by atoms with E-state index in [-0.39, 0.29) is 11.2 Å². The van der Waals surface area contributed by atoms with E-state index in [1.54, 1.807) is 43.5 Å². The maximum absolute atomic E-state index is 14.0. The standard InChI is InChI=1S/C29H27F4N5O2/c1-16-8-10-18(35-27(40)37-24-14-17(29(31,32)33)9-11-22(24)30)15-23(16)36-26(39)21-7-5-6-20-19(21)12-13-34-25(20)38-28(2,3)4/h5-15H,1-4H3,(H,34,38)(H,36,39)(H2,35,37,40). The van der Waals surface area contributed by atoms with Crippen LogP contribution in [0.5, 0.6) is 0 Å². The second kappa shape index (κ2) is 10.8. The van der Waals surface area contributed by atoms with Gasteiger partial charge in [0.2, 0.25) is 0 Å². The molecule has 0 aliphatic carbocycles. The molecule has 0 saturated carbocycles. The predicted octanol–water partition coefficient (Wildman–Crippen LogP) is 7.81. The van der Waals surface area contributed by atoms with Crippen molar-refractivity contribution in [2.75, 3.05) is 21.3 Å². The Bertz CT molecular complexity index is 1600. The maximum Gasteiger partial charge on any atom is 0.416 e. The molecule has 0 saturated heterocycles. The van der Waals surface area contributed by atoms with E-state index in [2.05, 4.69) is 26.3 Å². The monoisotopic (exact) mass is 553 g/mol. The lowest BCUT2D eigenvalue weighted by Gasteiger charge is -2.22. The lowest BCUT2D eigenvalue weighted by molar-refractivity contribution is -0.137. The summed E-state index contributed by atoms with van der Waals surface area (Å²) in [6.07, 6.45) is -3.08. The number of benzene rings is 3. The fourth-order valence-corrected chi connectivity index (χ4v) is 3.97. The van der Waals surface area contributed by atoms with Crippen molar-refractivity contribution >= 4 is 45.6 Å². The molecule has 0 unspecified atom stereocenters. The van der Waals surface area contributed by atoms with Crippen molar-refractivity contribution in [3.05, 3.63) is 89.4 Å². The molecule has 4 aromatic rings. The lowest BCUT2D eigenvalue weighted by Crippen LogP contribution is -2.26. The van der Waals surface area contributed by atoms with Crippen LogP contribution < -0.4 is 21.3 Å². The van der Waals surface area contributed by atoms with Crippen LogP contribution in [0, 0.1) is 12.7 Å². The van der Waals surface area contributed by atoms with E-state index < -0.39 is 35.2 Å². The van der Waals surface area contributed by atoms with Gasteiger partial charge in [-0.3, -0.25) is 4.79 Å². The van der Waals surface area contributed by atoms with E-state index in [1.807, 2.05) is 26.8 Å². The Kier molecular flexibility index (Phi) is 7.68. The predicted molar refractivity (Wildman–Crippen MR) is 148 cm³/mol. The fourth-order valence-electron chi connectivity index (χ4n) is 3.97. The van der Waals surface area contributed by atoms with Crippen molar-refractivity contribution in [2.45, 2.75) is 39.4 Å². The normalized spacial score (nSPS) is 11.7. The molecular weight excluding hydrogens is 526 g/mol. The highest BCUT2D eigenvalue weighted by Gasteiger charge is 2.31. The number of halogens is 4. The van der Waals surface area contributed by atoms with Crippen molar-refractivity contribution in [3.8, 4) is 0 Å². The van der Waals surface area contributed by atoms with Gasteiger partial charge in [-0.2, -0.15) is 13.2 Å². The van der Waals surface area contributed by atoms with Gasteiger partial charge in [0, 0.05) is 34.1 Å². The minimum absolute atomic E-state index is 0.226. The number of nitrogens with one attached hydrogen (secondary N) is 4. The van der Waals surface area contributed by atoms with Crippen molar-refractivity contribution in [1.82, 2.24) is 4.98 Å². The van der Waals surface area contributed by atoms with Gasteiger partial charge in [0.25, 0.3) is 5.91 Å². The van der Waals surface area contributed by atoms with Gasteiger partial charge in [0.05, 0.1) is 11.3 Å². The minimum Gasteiger partial charge on any atom is -0.365 e. The van der Waals surface area contributed by atoms with Gasteiger partial charge in [-0.1, -0.05) is 18.2 Å². The van der Waals surface area contributed by atoms with E-state index in [1.165, 1.54) is 6.07 Å². The Labute approximate surface area is 228 Å². The van der Waals surface area contributed by atoms with Crippen LogP contribution in [-0.2, 0) is 6.18 Å². The van der Waals surface area contributed by atoms with Gasteiger partial charge in [0.15, 0.2) is 0 Å². The third kappa shape index (κ3) is 6.66. The van der Waals surface area contributed by atoms with Gasteiger partial charge >= 0.3 is 12.2 Å². The molecule has 4 rings (SSSR count). The first-order valence-corrected chi connectivity index (χ1v) is 12.2. The van der Waals surface area contributed by atoms with Crippen molar-refractivity contribution in [3.63, 3.8) is 0 Å². The largest absolute Gasteiger partial charge is 0.416 e. The van der Waals surface area contributed by atoms with Crippen LogP contribution in [0.15, 0.2) is 66.9 Å². The number of aryl methyl sites for hydroxylation is 1. The number of hydrogen-bond acceptors (Lipinski definition) is 4. The zero-order valence-corrected chi connectivity index (χ0v) is 22.1. The minimum atomic E-state index is -4.70. The first kappa shape index (κ1) is 28.3. The van der Waals surface area contributed by atoms with Crippen molar-refractivity contribution < 1.29 is 27.2 Å². The summed E-state index contributed by atoms with van der Waals surface area (Å²) in [5.41, 5.74) is -0.248. The van der Waals surface area contributed by atoms with Crippen LogP contribution in [0.4, 0.5) is 45.2 Å². The second-order valence-electron chi connectivity index (χ2n) is 10.2.